The zero-order valence-corrected chi connectivity index (χ0v) is 11.7. The highest BCUT2D eigenvalue weighted by Gasteiger charge is 2.08. The Kier molecular flexibility index (Phi) is 4.71. The van der Waals surface area contributed by atoms with Gasteiger partial charge in [0.15, 0.2) is 0 Å². The van der Waals surface area contributed by atoms with E-state index in [-0.39, 0.29) is 5.56 Å². The molecule has 0 saturated heterocycles. The average Bonchev–Trinajstić information content (AvgIpc) is 2.47. The molecular weight excluding hydrogens is 270 g/mol. The number of aromatic nitrogens is 2. The van der Waals surface area contributed by atoms with Crippen LogP contribution in [0.2, 0.25) is 0 Å². The molecule has 2 aromatic rings. The van der Waals surface area contributed by atoms with Gasteiger partial charge in [-0.3, -0.25) is 4.79 Å². The summed E-state index contributed by atoms with van der Waals surface area (Å²) in [4.78, 5) is 29.4. The lowest BCUT2D eigenvalue weighted by molar-refractivity contribution is 0.0695. The predicted molar refractivity (Wildman–Crippen MR) is 79.8 cm³/mol. The fraction of sp³-hybridized carbons (Fsp3) is 0.267. The van der Waals surface area contributed by atoms with Crippen LogP contribution in [0.25, 0.3) is 0 Å². The van der Waals surface area contributed by atoms with Crippen LogP contribution in [0, 0.1) is 0 Å². The third-order valence-corrected chi connectivity index (χ3v) is 3.07. The third-order valence-electron chi connectivity index (χ3n) is 3.07. The number of anilines is 1. The molecule has 0 fully saturated rings. The van der Waals surface area contributed by atoms with E-state index in [0.717, 1.165) is 5.56 Å². The molecule has 2 rings (SSSR count). The van der Waals surface area contributed by atoms with Crippen LogP contribution in [0.1, 0.15) is 28.7 Å². The molecule has 1 aromatic heterocycles. The highest BCUT2D eigenvalue weighted by atomic mass is 16.4. The van der Waals surface area contributed by atoms with Crippen LogP contribution in [0.3, 0.4) is 0 Å². The summed E-state index contributed by atoms with van der Waals surface area (Å²) in [6, 6.07) is 8.27. The number of nitrogens with zero attached hydrogens (tertiary/aromatic N) is 1. The lowest BCUT2D eigenvalue weighted by atomic mass is 10.0. The summed E-state index contributed by atoms with van der Waals surface area (Å²) in [5, 5.41) is 12.2. The molecule has 0 unspecified atom stereocenters. The van der Waals surface area contributed by atoms with Gasteiger partial charge < -0.3 is 15.4 Å². The number of rotatable bonds is 6. The Bertz CT molecular complexity index is 695. The third kappa shape index (κ3) is 3.92. The molecule has 0 bridgehead atoms. The van der Waals surface area contributed by atoms with Gasteiger partial charge >= 0.3 is 5.97 Å². The molecule has 3 N–H and O–H groups in total. The lowest BCUT2D eigenvalue weighted by Crippen LogP contribution is -2.15. The fourth-order valence-corrected chi connectivity index (χ4v) is 2.04. The van der Waals surface area contributed by atoms with Gasteiger partial charge in [-0.05, 0) is 18.1 Å². The van der Waals surface area contributed by atoms with E-state index < -0.39 is 5.97 Å². The van der Waals surface area contributed by atoms with Gasteiger partial charge in [-0.25, -0.2) is 9.78 Å². The van der Waals surface area contributed by atoms with Gasteiger partial charge in [0.1, 0.15) is 11.6 Å². The number of hydrogen-bond donors (Lipinski definition) is 3. The van der Waals surface area contributed by atoms with Crippen molar-refractivity contribution in [2.24, 2.45) is 0 Å². The van der Waals surface area contributed by atoms with Crippen molar-refractivity contribution in [3.63, 3.8) is 0 Å². The Balaban J connectivity index is 2.04. The van der Waals surface area contributed by atoms with Crippen LogP contribution in [0.15, 0.2) is 35.1 Å². The van der Waals surface area contributed by atoms with E-state index in [9.17, 15) is 9.59 Å². The summed E-state index contributed by atoms with van der Waals surface area (Å²) in [6.07, 6.45) is 1.19. The van der Waals surface area contributed by atoms with Crippen molar-refractivity contribution >= 4 is 11.8 Å². The van der Waals surface area contributed by atoms with Crippen LogP contribution in [-0.2, 0) is 12.8 Å². The van der Waals surface area contributed by atoms with E-state index in [4.69, 9.17) is 5.11 Å². The van der Waals surface area contributed by atoms with Gasteiger partial charge in [0.05, 0.1) is 5.56 Å². The number of H-pyrrole nitrogens is 1. The van der Waals surface area contributed by atoms with Crippen LogP contribution >= 0.6 is 0 Å². The quantitative estimate of drug-likeness (QED) is 0.751. The van der Waals surface area contributed by atoms with Gasteiger partial charge in [0.2, 0.25) is 0 Å². The standard InChI is InChI=1S/C15H17N3O3/c1-2-12-17-13(9-14(19)18-12)16-8-7-10-5-3-4-6-11(10)15(20)21/h3-6,9H,2,7-8H2,1H3,(H,20,21)(H2,16,17,18,19). The minimum atomic E-state index is -0.937. The Morgan fingerprint density at radius 2 is 2.14 bits per heavy atom. The normalized spacial score (nSPS) is 10.3. The van der Waals surface area contributed by atoms with E-state index in [2.05, 4.69) is 15.3 Å². The zero-order chi connectivity index (χ0) is 15.2. The molecule has 1 aromatic carbocycles. The molecule has 0 spiro atoms. The largest absolute Gasteiger partial charge is 0.478 e. The number of aryl methyl sites for hydroxylation is 1. The smallest absolute Gasteiger partial charge is 0.335 e. The minimum Gasteiger partial charge on any atom is -0.478 e. The first-order valence-electron chi connectivity index (χ1n) is 6.75. The topological polar surface area (TPSA) is 95.1 Å². The number of aromatic carboxylic acids is 1. The Hall–Kier alpha value is -2.63. The maximum absolute atomic E-state index is 11.4. The summed E-state index contributed by atoms with van der Waals surface area (Å²) in [5.41, 5.74) is 0.848. The summed E-state index contributed by atoms with van der Waals surface area (Å²) in [7, 11) is 0. The van der Waals surface area contributed by atoms with E-state index in [1.165, 1.54) is 6.07 Å². The van der Waals surface area contributed by atoms with Gasteiger partial charge in [0.25, 0.3) is 5.56 Å². The van der Waals surface area contributed by atoms with Crippen molar-refractivity contribution in [3.05, 3.63) is 57.6 Å². The number of nitrogens with one attached hydrogen (secondary N) is 2. The van der Waals surface area contributed by atoms with Crippen molar-refractivity contribution < 1.29 is 9.90 Å². The molecule has 0 atom stereocenters. The Morgan fingerprint density at radius 3 is 2.86 bits per heavy atom. The first kappa shape index (κ1) is 14.8. The van der Waals surface area contributed by atoms with Crippen molar-refractivity contribution in [1.82, 2.24) is 9.97 Å². The number of aromatic amines is 1. The molecule has 0 aliphatic carbocycles. The summed E-state index contributed by atoms with van der Waals surface area (Å²) in [5.74, 6) is 0.187. The molecule has 0 aliphatic heterocycles. The van der Waals surface area contributed by atoms with Gasteiger partial charge in [0, 0.05) is 19.0 Å². The van der Waals surface area contributed by atoms with Gasteiger partial charge in [-0.15, -0.1) is 0 Å². The van der Waals surface area contributed by atoms with E-state index in [1.54, 1.807) is 18.2 Å². The highest BCUT2D eigenvalue weighted by Crippen LogP contribution is 2.10. The van der Waals surface area contributed by atoms with E-state index in [0.29, 0.717) is 36.6 Å². The number of carboxylic acid groups (broad SMARTS) is 1. The van der Waals surface area contributed by atoms with E-state index >= 15 is 0 Å². The first-order chi connectivity index (χ1) is 10.1. The summed E-state index contributed by atoms with van der Waals surface area (Å²) in [6.45, 7) is 2.41. The number of hydrogen-bond acceptors (Lipinski definition) is 4. The van der Waals surface area contributed by atoms with Crippen LogP contribution in [-0.4, -0.2) is 27.6 Å². The average molecular weight is 287 g/mol. The highest BCUT2D eigenvalue weighted by molar-refractivity contribution is 5.89. The van der Waals surface area contributed by atoms with Gasteiger partial charge in [-0.2, -0.15) is 0 Å². The van der Waals surface area contributed by atoms with Crippen molar-refractivity contribution in [3.8, 4) is 0 Å². The fourth-order valence-electron chi connectivity index (χ4n) is 2.04. The summed E-state index contributed by atoms with van der Waals surface area (Å²) >= 11 is 0. The summed E-state index contributed by atoms with van der Waals surface area (Å²) < 4.78 is 0. The minimum absolute atomic E-state index is 0.199. The number of carboxylic acids is 1. The molecule has 0 saturated carbocycles. The second-order valence-corrected chi connectivity index (χ2v) is 4.57. The van der Waals surface area contributed by atoms with E-state index in [1.807, 2.05) is 13.0 Å². The second-order valence-electron chi connectivity index (χ2n) is 4.57. The van der Waals surface area contributed by atoms with Gasteiger partial charge in [-0.1, -0.05) is 25.1 Å². The van der Waals surface area contributed by atoms with Crippen LogP contribution in [0.4, 0.5) is 5.82 Å². The van der Waals surface area contributed by atoms with Crippen molar-refractivity contribution in [1.29, 1.82) is 0 Å². The molecule has 0 amide bonds. The number of carbonyl (C=O) groups is 1. The Labute approximate surface area is 121 Å². The molecule has 6 heteroatoms. The van der Waals surface area contributed by atoms with Crippen LogP contribution in [0.5, 0.6) is 0 Å². The molecule has 21 heavy (non-hydrogen) atoms. The zero-order valence-electron chi connectivity index (χ0n) is 11.7. The second kappa shape index (κ2) is 6.69. The van der Waals surface area contributed by atoms with Crippen molar-refractivity contribution in [2.45, 2.75) is 19.8 Å². The Morgan fingerprint density at radius 1 is 1.38 bits per heavy atom. The SMILES string of the molecule is CCc1nc(NCCc2ccccc2C(=O)O)cc(=O)[nH]1. The maximum Gasteiger partial charge on any atom is 0.335 e. The molecule has 0 aliphatic rings. The maximum atomic E-state index is 11.4. The number of benzene rings is 1. The molecule has 110 valence electrons. The molecule has 6 nitrogen and oxygen atoms in total. The molecule has 1 heterocycles. The molecular formula is C15H17N3O3. The predicted octanol–water partition coefficient (Wildman–Crippen LogP) is 1.69. The van der Waals surface area contributed by atoms with Crippen LogP contribution < -0.4 is 10.9 Å². The first-order valence-corrected chi connectivity index (χ1v) is 6.75. The monoisotopic (exact) mass is 287 g/mol. The molecule has 0 radical (unpaired) electrons. The lowest BCUT2D eigenvalue weighted by Gasteiger charge is -2.08. The van der Waals surface area contributed by atoms with Crippen molar-refractivity contribution in [2.75, 3.05) is 11.9 Å².